The second-order valence-corrected chi connectivity index (χ2v) is 10.0. The molecule has 9 aromatic rings. The number of furan rings is 1. The van der Waals surface area contributed by atoms with Gasteiger partial charge in [-0.05, 0) is 90.3 Å². The van der Waals surface area contributed by atoms with Crippen LogP contribution in [0.3, 0.4) is 0 Å². The fourth-order valence-corrected chi connectivity index (χ4v) is 5.96. The largest absolute Gasteiger partial charge is 0.455 e. The van der Waals surface area contributed by atoms with Gasteiger partial charge in [-0.2, -0.15) is 0 Å². The molecule has 1 heterocycles. The monoisotopic (exact) mass is 531 g/mol. The molecule has 1 heteroatoms. The Bertz CT molecular complexity index is 3080. The minimum absolute atomic E-state index is 0.0276. The van der Waals surface area contributed by atoms with Crippen LogP contribution in [0.4, 0.5) is 0 Å². The van der Waals surface area contributed by atoms with Crippen molar-refractivity contribution in [1.29, 1.82) is 0 Å². The molecular formula is C40H24O. The zero-order chi connectivity index (χ0) is 36.5. The molecule has 0 saturated carbocycles. The topological polar surface area (TPSA) is 13.1 Å². The van der Waals surface area contributed by atoms with Crippen LogP contribution in [0, 0.1) is 0 Å². The van der Waals surface area contributed by atoms with Crippen molar-refractivity contribution in [3.8, 4) is 22.3 Å². The van der Waals surface area contributed by atoms with Gasteiger partial charge in [0.15, 0.2) is 0 Å². The van der Waals surface area contributed by atoms with Gasteiger partial charge in [-0.25, -0.2) is 0 Å². The molecule has 41 heavy (non-hydrogen) atoms. The summed E-state index contributed by atoms with van der Waals surface area (Å²) >= 11 is 0. The van der Waals surface area contributed by atoms with Crippen LogP contribution < -0.4 is 0 Å². The summed E-state index contributed by atoms with van der Waals surface area (Å²) in [6, 6.07) is 19.6. The van der Waals surface area contributed by atoms with Crippen molar-refractivity contribution in [3.05, 3.63) is 145 Å². The Balaban J connectivity index is 1.50. The molecule has 0 aliphatic carbocycles. The molecule has 0 fully saturated rings. The molecule has 0 spiro atoms. The second kappa shape index (κ2) is 8.55. The lowest BCUT2D eigenvalue weighted by Crippen LogP contribution is -1.88. The van der Waals surface area contributed by atoms with Crippen LogP contribution in [0.5, 0.6) is 0 Å². The number of hydrogen-bond donors (Lipinski definition) is 0. The van der Waals surface area contributed by atoms with Gasteiger partial charge in [0.1, 0.15) is 11.2 Å². The van der Waals surface area contributed by atoms with Gasteiger partial charge in [-0.15, -0.1) is 0 Å². The Kier molecular flexibility index (Phi) is 2.98. The number of rotatable bonds is 2. The first-order chi connectivity index (χ1) is 24.9. The lowest BCUT2D eigenvalue weighted by molar-refractivity contribution is 0.673. The fourth-order valence-electron chi connectivity index (χ4n) is 5.96. The van der Waals surface area contributed by atoms with E-state index in [0.29, 0.717) is 27.5 Å². The molecule has 0 bridgehead atoms. The van der Waals surface area contributed by atoms with E-state index in [9.17, 15) is 2.74 Å². The van der Waals surface area contributed by atoms with Crippen molar-refractivity contribution >= 4 is 65.0 Å². The molecule has 0 atom stereocenters. The first-order valence-electron chi connectivity index (χ1n) is 18.7. The third-order valence-corrected chi connectivity index (χ3v) is 7.79. The van der Waals surface area contributed by atoms with E-state index < -0.39 is 66.5 Å². The zero-order valence-corrected chi connectivity index (χ0v) is 21.4. The van der Waals surface area contributed by atoms with Gasteiger partial charge >= 0.3 is 0 Å². The zero-order valence-electron chi connectivity index (χ0n) is 32.4. The minimum atomic E-state index is -0.586. The molecular weight excluding hydrogens is 496 g/mol. The smallest absolute Gasteiger partial charge is 0.143 e. The molecule has 0 aliphatic heterocycles. The molecule has 0 radical (unpaired) electrons. The van der Waals surface area contributed by atoms with Gasteiger partial charge in [0.25, 0.3) is 0 Å². The maximum atomic E-state index is 9.41. The predicted molar refractivity (Wildman–Crippen MR) is 175 cm³/mol. The summed E-state index contributed by atoms with van der Waals surface area (Å²) in [6.45, 7) is 0. The first-order valence-corrected chi connectivity index (χ1v) is 13.2. The predicted octanol–water partition coefficient (Wildman–Crippen LogP) is 11.5. The third kappa shape index (κ3) is 3.30. The summed E-state index contributed by atoms with van der Waals surface area (Å²) in [6.07, 6.45) is 0. The molecule has 0 amide bonds. The van der Waals surface area contributed by atoms with Gasteiger partial charge < -0.3 is 4.42 Å². The van der Waals surface area contributed by atoms with E-state index in [2.05, 4.69) is 6.07 Å². The van der Waals surface area contributed by atoms with Crippen molar-refractivity contribution in [1.82, 2.24) is 0 Å². The average Bonchev–Trinajstić information content (AvgIpc) is 3.55. The summed E-state index contributed by atoms with van der Waals surface area (Å²) in [7, 11) is 0. The van der Waals surface area contributed by atoms with Crippen molar-refractivity contribution in [3.63, 3.8) is 0 Å². The summed E-state index contributed by atoms with van der Waals surface area (Å²) in [4.78, 5) is 0. The molecule has 0 N–H and O–H groups in total. The Morgan fingerprint density at radius 2 is 1.29 bits per heavy atom. The summed E-state index contributed by atoms with van der Waals surface area (Å²) in [5.41, 5.74) is 3.71. The number of fused-ring (bicyclic) bond motifs is 9. The van der Waals surface area contributed by atoms with Crippen molar-refractivity contribution in [2.24, 2.45) is 0 Å². The van der Waals surface area contributed by atoms with Crippen molar-refractivity contribution in [2.45, 2.75) is 0 Å². The molecule has 8 aromatic carbocycles. The number of benzene rings is 8. The second-order valence-electron chi connectivity index (χ2n) is 10.0. The summed E-state index contributed by atoms with van der Waals surface area (Å²) in [5, 5.41) is 2.33. The molecule has 0 unspecified atom stereocenters. The molecule has 0 saturated heterocycles. The maximum absolute atomic E-state index is 9.41. The van der Waals surface area contributed by atoms with Crippen LogP contribution in [0.15, 0.2) is 150 Å². The normalized spacial score (nSPS) is 15.7. The van der Waals surface area contributed by atoms with Gasteiger partial charge in [0.05, 0.1) is 15.1 Å². The van der Waals surface area contributed by atoms with Crippen molar-refractivity contribution < 1.29 is 19.5 Å². The summed E-state index contributed by atoms with van der Waals surface area (Å²) in [5.74, 6) is 0. The standard InChI is InChI=1S/C40H24O/c1-2-9-25(10-3-1)27-18-20-32-29(23-27)19-22-35-39-34(15-8-16-37(39)41-40(32)35)38-31-14-7-5-12-28(31)24-36-30-13-6-4-11-26(30)17-21-33(36)38/h1-24H/i4D,5D,6D,7D,11D,12D,13D,14D,17D,21D,24D. The van der Waals surface area contributed by atoms with Crippen LogP contribution in [0.2, 0.25) is 0 Å². The lowest BCUT2D eigenvalue weighted by Gasteiger charge is -2.15. The maximum Gasteiger partial charge on any atom is 0.143 e. The van der Waals surface area contributed by atoms with Crippen molar-refractivity contribution in [2.75, 3.05) is 0 Å². The van der Waals surface area contributed by atoms with Crippen LogP contribution in [0.1, 0.15) is 15.1 Å². The Hall–Kier alpha value is -5.40. The quantitative estimate of drug-likeness (QED) is 0.160. The Labute approximate surface area is 252 Å². The minimum Gasteiger partial charge on any atom is -0.455 e. The van der Waals surface area contributed by atoms with Gasteiger partial charge in [0.2, 0.25) is 0 Å². The van der Waals surface area contributed by atoms with E-state index >= 15 is 0 Å². The SMILES string of the molecule is [2H]c1c([2H])c([2H])c2c([2H])c3c(c([2H])c([2H])c4c([2H])c([2H])c([2H])c([2H])c43)c(-c3cccc4oc5c6ccc(-c7ccccc7)cc6ccc5c34)c2c1[2H]. The molecule has 190 valence electrons. The average molecular weight is 532 g/mol. The third-order valence-electron chi connectivity index (χ3n) is 7.79. The first kappa shape index (κ1) is 14.3. The number of hydrogen-bond acceptors (Lipinski definition) is 1. The van der Waals surface area contributed by atoms with Gasteiger partial charge in [-0.3, -0.25) is 0 Å². The molecule has 0 aliphatic rings. The van der Waals surface area contributed by atoms with Crippen LogP contribution >= 0.6 is 0 Å². The van der Waals surface area contributed by atoms with E-state index in [1.165, 1.54) is 0 Å². The highest BCUT2D eigenvalue weighted by molar-refractivity contribution is 6.26. The highest BCUT2D eigenvalue weighted by atomic mass is 16.3. The molecule has 9 rings (SSSR count). The highest BCUT2D eigenvalue weighted by Gasteiger charge is 2.19. The van der Waals surface area contributed by atoms with E-state index in [4.69, 9.17) is 16.8 Å². The van der Waals surface area contributed by atoms with Gasteiger partial charge in [0, 0.05) is 16.2 Å². The highest BCUT2D eigenvalue weighted by Crippen LogP contribution is 2.45. The van der Waals surface area contributed by atoms with Crippen LogP contribution in [-0.4, -0.2) is 0 Å². The lowest BCUT2D eigenvalue weighted by atomic mass is 9.88. The van der Waals surface area contributed by atoms with Gasteiger partial charge in [-0.1, -0.05) is 115 Å². The van der Waals surface area contributed by atoms with Crippen LogP contribution in [0.25, 0.3) is 87.3 Å². The van der Waals surface area contributed by atoms with Crippen LogP contribution in [-0.2, 0) is 0 Å². The fraction of sp³-hybridized carbons (Fsp3) is 0. The van der Waals surface area contributed by atoms with E-state index in [1.54, 1.807) is 18.2 Å². The molecule has 1 aromatic heterocycles. The van der Waals surface area contributed by atoms with E-state index in [-0.39, 0.29) is 37.9 Å². The Morgan fingerprint density at radius 3 is 2.20 bits per heavy atom. The molecule has 1 nitrogen and oxygen atoms in total. The Morgan fingerprint density at radius 1 is 0.488 bits per heavy atom. The summed E-state index contributed by atoms with van der Waals surface area (Å²) < 4.78 is 104. The van der Waals surface area contributed by atoms with E-state index in [1.807, 2.05) is 54.6 Å². The van der Waals surface area contributed by atoms with E-state index in [0.717, 1.165) is 21.9 Å².